The summed E-state index contributed by atoms with van der Waals surface area (Å²) in [6.07, 6.45) is -11.9. The third kappa shape index (κ3) is 18.2. The zero-order valence-corrected chi connectivity index (χ0v) is 45.0. The van der Waals surface area contributed by atoms with Gasteiger partial charge >= 0.3 is 30.5 Å². The van der Waals surface area contributed by atoms with E-state index in [0.29, 0.717) is 19.3 Å². The highest BCUT2D eigenvalue weighted by Gasteiger charge is 2.57. The lowest BCUT2D eigenvalue weighted by atomic mass is 9.83. The van der Waals surface area contributed by atoms with Crippen molar-refractivity contribution >= 4 is 30.5 Å². The van der Waals surface area contributed by atoms with Crippen molar-refractivity contribution in [2.45, 2.75) is 268 Å². The molecule has 5 amide bonds. The molecule has 3 saturated heterocycles. The molecule has 0 radical (unpaired) electrons. The van der Waals surface area contributed by atoms with Crippen molar-refractivity contribution in [2.75, 3.05) is 13.2 Å². The second-order valence-corrected chi connectivity index (χ2v) is 24.3. The molecule has 0 aromatic carbocycles. The Hall–Kier alpha value is -3.97. The van der Waals surface area contributed by atoms with Gasteiger partial charge in [-0.15, -0.1) is 0 Å². The Morgan fingerprint density at radius 3 is 1.47 bits per heavy atom. The first-order valence-corrected chi connectivity index (χ1v) is 25.3. The number of ether oxygens (including phenoxy) is 11. The number of fused-ring (bicyclic) bond motifs is 1. The van der Waals surface area contributed by atoms with E-state index in [1.807, 2.05) is 0 Å². The van der Waals surface area contributed by atoms with Crippen molar-refractivity contribution in [3.05, 3.63) is 0 Å². The van der Waals surface area contributed by atoms with Gasteiger partial charge in [0.15, 0.2) is 18.4 Å². The van der Waals surface area contributed by atoms with Crippen LogP contribution in [0.3, 0.4) is 0 Å². The average Bonchev–Trinajstić information content (AvgIpc) is 3.19. The van der Waals surface area contributed by atoms with Gasteiger partial charge in [0, 0.05) is 19.4 Å². The van der Waals surface area contributed by atoms with E-state index in [1.54, 1.807) is 104 Å². The number of carbonyl (C=O) groups excluding carboxylic acids is 5. The number of amides is 5. The first-order chi connectivity index (χ1) is 33.1. The highest BCUT2D eigenvalue weighted by Crippen LogP contribution is 2.42. The van der Waals surface area contributed by atoms with E-state index in [2.05, 4.69) is 26.6 Å². The fraction of sp³-hybridized carbons (Fsp3) is 0.898. The van der Waals surface area contributed by atoms with Crippen LogP contribution < -0.4 is 26.6 Å². The van der Waals surface area contributed by atoms with Crippen LogP contribution in [0.1, 0.15) is 155 Å². The van der Waals surface area contributed by atoms with Crippen LogP contribution in [0.25, 0.3) is 0 Å². The van der Waals surface area contributed by atoms with Crippen LogP contribution in [0.15, 0.2) is 0 Å². The molecule has 0 bridgehead atoms. The molecule has 3 heterocycles. The van der Waals surface area contributed by atoms with Gasteiger partial charge in [0.1, 0.15) is 64.6 Å². The third-order valence-electron chi connectivity index (χ3n) is 11.8. The maximum absolute atomic E-state index is 13.6. The predicted octanol–water partition coefficient (Wildman–Crippen LogP) is 5.29. The Morgan fingerprint density at radius 2 is 0.986 bits per heavy atom. The maximum Gasteiger partial charge on any atom is 0.408 e. The summed E-state index contributed by atoms with van der Waals surface area (Å²) in [6.45, 7) is 25.4. The predicted molar refractivity (Wildman–Crippen MR) is 256 cm³/mol. The van der Waals surface area contributed by atoms with Crippen molar-refractivity contribution in [2.24, 2.45) is 0 Å². The van der Waals surface area contributed by atoms with Gasteiger partial charge in [0.2, 0.25) is 0 Å². The molecule has 0 aromatic rings. The molecule has 13 unspecified atom stereocenters. The number of alkyl carbamates (subject to hydrolysis) is 5. The molecule has 7 N–H and O–H groups in total. The maximum atomic E-state index is 13.6. The first-order valence-electron chi connectivity index (χ1n) is 25.3. The van der Waals surface area contributed by atoms with Crippen molar-refractivity contribution in [3.8, 4) is 0 Å². The Labute approximate surface area is 424 Å². The lowest BCUT2D eigenvalue weighted by Crippen LogP contribution is -2.72. The smallest absolute Gasteiger partial charge is 0.408 e. The standard InChI is InChI=1S/C49H85N5O18/c1-44(2,3)68-39(57)50-24-26-19-20-27(51-40(58)69-45(4,5)6)37(63-26)65-34-28(52-41(59)70-46(7,8)9)23-29(53-42(60)71-47(10,11)12)35(33(34)56)66-38-32(55)31(54-43(61)72-48(13,14)15)36-30(64-38)25-62-49(67-36)21-17-16-18-22-49/h26-38,55-56H,16-25H2,1-15H3,(H,50,57)(H,51,58)(H,52,59)(H,53,60)(H,54,61). The fourth-order valence-electron chi connectivity index (χ4n) is 9.11. The Kier molecular flexibility index (Phi) is 19.1. The van der Waals surface area contributed by atoms with E-state index in [1.165, 1.54) is 0 Å². The van der Waals surface area contributed by atoms with Crippen LogP contribution >= 0.6 is 0 Å². The van der Waals surface area contributed by atoms with Gasteiger partial charge < -0.3 is 88.9 Å². The van der Waals surface area contributed by atoms with Crippen LogP contribution in [-0.4, -0.2) is 167 Å². The van der Waals surface area contributed by atoms with Crippen molar-refractivity contribution in [1.29, 1.82) is 0 Å². The summed E-state index contributed by atoms with van der Waals surface area (Å²) in [7, 11) is 0. The number of hydrogen-bond acceptors (Lipinski definition) is 18. The number of carbonyl (C=O) groups is 5. The second kappa shape index (κ2) is 23.3. The summed E-state index contributed by atoms with van der Waals surface area (Å²) in [4.78, 5) is 66.7. The molecule has 5 aliphatic rings. The van der Waals surface area contributed by atoms with Crippen LogP contribution in [0.2, 0.25) is 0 Å². The van der Waals surface area contributed by atoms with Gasteiger partial charge in [-0.25, -0.2) is 24.0 Å². The van der Waals surface area contributed by atoms with Crippen LogP contribution in [0, 0.1) is 0 Å². The molecular formula is C49H85N5O18. The third-order valence-corrected chi connectivity index (χ3v) is 11.8. The number of aliphatic hydroxyl groups is 2. The van der Waals surface area contributed by atoms with E-state index in [-0.39, 0.29) is 26.0 Å². The van der Waals surface area contributed by atoms with Gasteiger partial charge in [-0.05, 0) is 136 Å². The summed E-state index contributed by atoms with van der Waals surface area (Å²) >= 11 is 0. The van der Waals surface area contributed by atoms with Crippen LogP contribution in [0.5, 0.6) is 0 Å². The van der Waals surface area contributed by atoms with E-state index in [9.17, 15) is 34.2 Å². The lowest BCUT2D eigenvalue weighted by molar-refractivity contribution is -0.389. The summed E-state index contributed by atoms with van der Waals surface area (Å²) in [5.74, 6) is -0.963. The van der Waals surface area contributed by atoms with Gasteiger partial charge in [-0.1, -0.05) is 6.42 Å². The zero-order chi connectivity index (χ0) is 53.8. The van der Waals surface area contributed by atoms with Crippen LogP contribution in [-0.2, 0) is 52.1 Å². The Morgan fingerprint density at radius 1 is 0.542 bits per heavy atom. The molecule has 72 heavy (non-hydrogen) atoms. The zero-order valence-electron chi connectivity index (χ0n) is 45.0. The normalized spacial score (nSPS) is 32.2. The number of nitrogens with one attached hydrogen (secondary N) is 5. The molecule has 3 aliphatic heterocycles. The van der Waals surface area contributed by atoms with Crippen LogP contribution in [0.4, 0.5) is 24.0 Å². The molecule has 2 saturated carbocycles. The monoisotopic (exact) mass is 1030 g/mol. The second-order valence-electron chi connectivity index (χ2n) is 24.3. The van der Waals surface area contributed by atoms with Crippen molar-refractivity contribution < 1.29 is 86.3 Å². The van der Waals surface area contributed by atoms with Gasteiger partial charge in [-0.2, -0.15) is 0 Å². The largest absolute Gasteiger partial charge is 0.444 e. The minimum atomic E-state index is -1.82. The topological polar surface area (TPSA) is 287 Å². The number of hydrogen-bond donors (Lipinski definition) is 7. The highest BCUT2D eigenvalue weighted by molar-refractivity contribution is 5.70. The van der Waals surface area contributed by atoms with E-state index < -0.39 is 144 Å². The molecule has 414 valence electrons. The Bertz CT molecular complexity index is 1850. The molecule has 5 fully saturated rings. The molecule has 2 aliphatic carbocycles. The van der Waals surface area contributed by atoms with Gasteiger partial charge in [-0.3, -0.25) is 0 Å². The average molecular weight is 1030 g/mol. The quantitative estimate of drug-likeness (QED) is 0.137. The van der Waals surface area contributed by atoms with E-state index >= 15 is 0 Å². The summed E-state index contributed by atoms with van der Waals surface area (Å²) in [5, 5.41) is 38.9. The highest BCUT2D eigenvalue weighted by atomic mass is 16.8. The summed E-state index contributed by atoms with van der Waals surface area (Å²) in [5.41, 5.74) is -4.49. The van der Waals surface area contributed by atoms with Crippen molar-refractivity contribution in [1.82, 2.24) is 26.6 Å². The molecule has 23 nitrogen and oxygen atoms in total. The summed E-state index contributed by atoms with van der Waals surface area (Å²) < 4.78 is 67.0. The number of aliphatic hydroxyl groups excluding tert-OH is 2. The van der Waals surface area contributed by atoms with Crippen molar-refractivity contribution in [3.63, 3.8) is 0 Å². The molecule has 13 atom stereocenters. The summed E-state index contributed by atoms with van der Waals surface area (Å²) in [6, 6.07) is -4.50. The van der Waals surface area contributed by atoms with Gasteiger partial charge in [0.05, 0.1) is 36.9 Å². The SMILES string of the molecule is CC(C)(C)OC(=O)NCC1CCC(NC(=O)OC(C)(C)C)C(OC2C(NC(=O)OC(C)(C)C)CC(NC(=O)OC(C)(C)C)C(OC3OC4COC5(CCCCC5)OC4C(NC(=O)OC(C)(C)C)C3O)C2O)O1. The van der Waals surface area contributed by atoms with E-state index in [4.69, 9.17) is 52.1 Å². The molecular weight excluding hydrogens is 947 g/mol. The molecule has 1 spiro atoms. The first kappa shape index (κ1) is 58.9. The Balaban J connectivity index is 1.53. The minimum Gasteiger partial charge on any atom is -0.444 e. The molecule has 0 aromatic heterocycles. The van der Waals surface area contributed by atoms with Gasteiger partial charge in [0.25, 0.3) is 0 Å². The number of rotatable bonds is 10. The molecule has 5 rings (SSSR count). The van der Waals surface area contributed by atoms with E-state index in [0.717, 1.165) is 19.3 Å². The minimum absolute atomic E-state index is 0.000816. The molecule has 23 heteroatoms. The lowest BCUT2D eigenvalue weighted by Gasteiger charge is -2.53. The fourth-order valence-corrected chi connectivity index (χ4v) is 9.11.